The maximum Gasteiger partial charge on any atom is 0.300 e. The number of benzene rings is 2. The number of ether oxygens (including phenoxy) is 2. The van der Waals surface area contributed by atoms with E-state index in [0.717, 1.165) is 35.1 Å². The predicted molar refractivity (Wildman–Crippen MR) is 182 cm³/mol. The fourth-order valence-corrected chi connectivity index (χ4v) is 8.22. The van der Waals surface area contributed by atoms with E-state index in [4.69, 9.17) is 16.0 Å². The van der Waals surface area contributed by atoms with Crippen LogP contribution in [-0.4, -0.2) is 118 Å². The molecule has 3 aromatic rings. The number of amides is 3. The second-order valence-electron chi connectivity index (χ2n) is 13.9. The van der Waals surface area contributed by atoms with Gasteiger partial charge in [-0.15, -0.1) is 10.2 Å². The molecule has 3 fully saturated rings. The van der Waals surface area contributed by atoms with Crippen molar-refractivity contribution in [2.45, 2.75) is 63.5 Å². The van der Waals surface area contributed by atoms with Gasteiger partial charge >= 0.3 is 6.17 Å². The fraction of sp³-hybridized carbons (Fsp3) is 0.541. The maximum atomic E-state index is 13.7. The number of fused-ring (bicyclic) bond motifs is 2. The van der Waals surface area contributed by atoms with E-state index in [1.807, 2.05) is 46.2 Å². The lowest BCUT2D eigenvalue weighted by atomic mass is 9.66. The molecule has 4 heterocycles. The Hall–Kier alpha value is -4.67. The minimum absolute atomic E-state index is 0.0168. The molecule has 0 spiro atoms. The van der Waals surface area contributed by atoms with E-state index in [1.165, 1.54) is 0 Å². The van der Waals surface area contributed by atoms with Crippen LogP contribution in [0.15, 0.2) is 36.4 Å². The molecule has 1 aromatic heterocycles. The topological polar surface area (TPSA) is 138 Å². The Morgan fingerprint density at radius 1 is 0.920 bits per heavy atom. The van der Waals surface area contributed by atoms with Crippen LogP contribution in [0.1, 0.15) is 87.8 Å². The molecule has 0 unspecified atom stereocenters. The lowest BCUT2D eigenvalue weighted by molar-refractivity contribution is -0.131. The Morgan fingerprint density at radius 2 is 1.50 bits per heavy atom. The van der Waals surface area contributed by atoms with Crippen molar-refractivity contribution in [3.05, 3.63) is 87.0 Å². The summed E-state index contributed by atoms with van der Waals surface area (Å²) in [6.45, 7) is 14.6. The number of nitrogens with zero attached hydrogens (tertiary/aromatic N) is 7. The molecule has 3 amide bonds. The van der Waals surface area contributed by atoms with Crippen molar-refractivity contribution < 1.29 is 23.9 Å². The molecular weight excluding hydrogens is 636 g/mol. The molecule has 1 aliphatic carbocycles. The van der Waals surface area contributed by atoms with Gasteiger partial charge in [-0.2, -0.15) is 5.21 Å². The number of nitrogens with one attached hydrogen (secondary N) is 1. The molecule has 0 bridgehead atoms. The summed E-state index contributed by atoms with van der Waals surface area (Å²) in [5, 5.41) is 15.9. The lowest BCUT2D eigenvalue weighted by Crippen LogP contribution is -2.41. The van der Waals surface area contributed by atoms with Crippen LogP contribution in [0.4, 0.5) is 0 Å². The largest absolute Gasteiger partial charge is 0.378 e. The second kappa shape index (κ2) is 14.7. The Labute approximate surface area is 292 Å². The average molecular weight is 681 g/mol. The van der Waals surface area contributed by atoms with Gasteiger partial charge in [-0.05, 0) is 84.5 Å². The number of rotatable bonds is 8. The molecular formula is C37H44N8O5. The summed E-state index contributed by atoms with van der Waals surface area (Å²) >= 11 is 0. The first kappa shape index (κ1) is 33.8. The third-order valence-electron chi connectivity index (χ3n) is 10.8. The van der Waals surface area contributed by atoms with E-state index < -0.39 is 5.41 Å². The van der Waals surface area contributed by atoms with Gasteiger partial charge in [-0.3, -0.25) is 24.1 Å². The highest BCUT2D eigenvalue weighted by Gasteiger charge is 2.46. The molecule has 0 saturated carbocycles. The van der Waals surface area contributed by atoms with Gasteiger partial charge in [0.15, 0.2) is 5.82 Å². The van der Waals surface area contributed by atoms with Gasteiger partial charge in [0.05, 0.1) is 31.8 Å². The van der Waals surface area contributed by atoms with Crippen LogP contribution in [0, 0.1) is 12.5 Å². The quantitative estimate of drug-likeness (QED) is 0.358. The molecule has 1 N–H and O–H groups in total. The molecule has 13 heteroatoms. The number of hydrogen-bond acceptors (Lipinski definition) is 8. The van der Waals surface area contributed by atoms with E-state index in [1.54, 1.807) is 4.90 Å². The number of likely N-dealkylation sites (tertiary alicyclic amines) is 1. The normalized spacial score (nSPS) is 20.7. The molecule has 2 atom stereocenters. The van der Waals surface area contributed by atoms with Crippen LogP contribution in [-0.2, 0) is 32.5 Å². The standard InChI is InChI=1S/C37H44N8O5/c1-25(5-12-33(46)45-13-3-4-32(45)38-2)24-37(36-39-41-42-40-36)30-10-8-28(34(47)43-14-18-49-19-15-43)22-26(30)6-7-27-23-29(9-11-31(27)37)35(48)44-16-20-50-21-17-44/h8-11,22-23,25,32H,3-7,12-21,24H2,1H3,(H,39,40,41,42)/t25-,32+/m1/s1. The summed E-state index contributed by atoms with van der Waals surface area (Å²) < 4.78 is 11.0. The molecule has 50 heavy (non-hydrogen) atoms. The number of tetrazole rings is 1. The first-order valence-electron chi connectivity index (χ1n) is 17.8. The molecule has 3 aliphatic heterocycles. The lowest BCUT2D eigenvalue weighted by Gasteiger charge is -2.36. The summed E-state index contributed by atoms with van der Waals surface area (Å²) in [4.78, 5) is 49.7. The van der Waals surface area contributed by atoms with Crippen molar-refractivity contribution in [3.63, 3.8) is 0 Å². The van der Waals surface area contributed by atoms with Crippen LogP contribution >= 0.6 is 0 Å². The maximum absolute atomic E-state index is 13.7. The number of morpholine rings is 2. The summed E-state index contributed by atoms with van der Waals surface area (Å²) in [6, 6.07) is 11.9. The van der Waals surface area contributed by atoms with Crippen molar-refractivity contribution in [3.8, 4) is 0 Å². The third kappa shape index (κ3) is 6.50. The Balaban J connectivity index is 1.28. The highest BCUT2D eigenvalue weighted by atomic mass is 16.5. The van der Waals surface area contributed by atoms with E-state index in [0.29, 0.717) is 108 Å². The van der Waals surface area contributed by atoms with Crippen molar-refractivity contribution in [2.24, 2.45) is 5.92 Å². The smallest absolute Gasteiger partial charge is 0.300 e. The molecule has 2 aromatic carbocycles. The Kier molecular flexibility index (Phi) is 9.92. The van der Waals surface area contributed by atoms with Gasteiger partial charge in [0.1, 0.15) is 0 Å². The van der Waals surface area contributed by atoms with E-state index in [2.05, 4.69) is 32.4 Å². The molecule has 3 saturated heterocycles. The average Bonchev–Trinajstić information content (AvgIpc) is 3.87. The minimum Gasteiger partial charge on any atom is -0.378 e. The minimum atomic E-state index is -0.871. The first-order chi connectivity index (χ1) is 24.4. The number of carbonyl (C=O) groups is 3. The summed E-state index contributed by atoms with van der Waals surface area (Å²) in [5.74, 6) is 0.519. The summed E-state index contributed by atoms with van der Waals surface area (Å²) in [7, 11) is 0. The van der Waals surface area contributed by atoms with Crippen molar-refractivity contribution in [1.82, 2.24) is 35.3 Å². The third-order valence-corrected chi connectivity index (χ3v) is 10.8. The van der Waals surface area contributed by atoms with Gasteiger partial charge in [0, 0.05) is 56.7 Å². The first-order valence-corrected chi connectivity index (χ1v) is 17.8. The van der Waals surface area contributed by atoms with Crippen LogP contribution in [0.2, 0.25) is 0 Å². The highest BCUT2D eigenvalue weighted by Crippen LogP contribution is 2.48. The molecule has 4 aliphatic rings. The number of H-pyrrole nitrogens is 1. The van der Waals surface area contributed by atoms with Gasteiger partial charge < -0.3 is 19.3 Å². The SMILES string of the molecule is [C-]#[N+][C@@H]1CCCN1C(=O)CC[C@@H](C)CC1(c2nn[nH]n2)c2ccc(C(=O)N3CCOCC3)cc2CCc2cc(C(=O)N3CCOCC3)ccc21. The zero-order valence-electron chi connectivity index (χ0n) is 28.6. The number of aryl methyl sites for hydroxylation is 2. The second-order valence-corrected chi connectivity index (χ2v) is 13.9. The van der Waals surface area contributed by atoms with Crippen LogP contribution in [0.25, 0.3) is 4.85 Å². The Morgan fingerprint density at radius 3 is 2.02 bits per heavy atom. The Bertz CT molecular complexity index is 1680. The molecule has 13 nitrogen and oxygen atoms in total. The fourth-order valence-electron chi connectivity index (χ4n) is 8.22. The van der Waals surface area contributed by atoms with Gasteiger partial charge in [0.2, 0.25) is 5.91 Å². The van der Waals surface area contributed by atoms with Crippen LogP contribution in [0.5, 0.6) is 0 Å². The summed E-state index contributed by atoms with van der Waals surface area (Å²) in [6.07, 6.45) is 4.05. The van der Waals surface area contributed by atoms with Crippen LogP contribution < -0.4 is 0 Å². The van der Waals surface area contributed by atoms with E-state index in [-0.39, 0.29) is 29.8 Å². The van der Waals surface area contributed by atoms with Crippen molar-refractivity contribution in [1.29, 1.82) is 0 Å². The number of carbonyl (C=O) groups excluding carboxylic acids is 3. The highest BCUT2D eigenvalue weighted by molar-refractivity contribution is 5.95. The monoisotopic (exact) mass is 680 g/mol. The molecule has 0 radical (unpaired) electrons. The predicted octanol–water partition coefficient (Wildman–Crippen LogP) is 3.25. The number of aromatic nitrogens is 4. The zero-order chi connectivity index (χ0) is 34.7. The van der Waals surface area contributed by atoms with Crippen molar-refractivity contribution >= 4 is 17.7 Å². The molecule has 7 rings (SSSR count). The van der Waals surface area contributed by atoms with E-state index in [9.17, 15) is 14.4 Å². The zero-order valence-corrected chi connectivity index (χ0v) is 28.6. The van der Waals surface area contributed by atoms with Crippen molar-refractivity contribution in [2.75, 3.05) is 59.2 Å². The number of aromatic amines is 1. The van der Waals surface area contributed by atoms with Gasteiger partial charge in [-0.1, -0.05) is 24.3 Å². The van der Waals surface area contributed by atoms with Crippen LogP contribution in [0.3, 0.4) is 0 Å². The molecule has 262 valence electrons. The van der Waals surface area contributed by atoms with E-state index >= 15 is 0 Å². The number of hydrogen-bond donors (Lipinski definition) is 1. The van der Waals surface area contributed by atoms with Gasteiger partial charge in [-0.25, -0.2) is 6.57 Å². The summed E-state index contributed by atoms with van der Waals surface area (Å²) in [5.41, 5.74) is 4.41. The van der Waals surface area contributed by atoms with Gasteiger partial charge in [0.25, 0.3) is 11.8 Å².